The molecular weight excluding hydrogens is 380 g/mol. The van der Waals surface area contributed by atoms with Gasteiger partial charge >= 0.3 is 0 Å². The lowest BCUT2D eigenvalue weighted by Gasteiger charge is -2.32. The molecule has 0 aliphatic carbocycles. The predicted molar refractivity (Wildman–Crippen MR) is 114 cm³/mol. The molecule has 0 radical (unpaired) electrons. The second-order valence-corrected chi connectivity index (χ2v) is 8.09. The van der Waals surface area contributed by atoms with E-state index in [2.05, 4.69) is 24.1 Å². The molecule has 2 aromatic heterocycles. The Morgan fingerprint density at radius 3 is 2.70 bits per heavy atom. The molecule has 30 heavy (non-hydrogen) atoms. The fraction of sp³-hybridized carbons (Fsp3) is 0.435. The molecule has 0 spiro atoms. The third kappa shape index (κ3) is 4.10. The van der Waals surface area contributed by atoms with Crippen LogP contribution in [0.25, 0.3) is 11.0 Å². The number of aromatic amines is 1. The van der Waals surface area contributed by atoms with Gasteiger partial charge in [-0.25, -0.2) is 4.98 Å². The summed E-state index contributed by atoms with van der Waals surface area (Å²) in [5.41, 5.74) is 2.43. The quantitative estimate of drug-likeness (QED) is 0.647. The number of fused-ring (bicyclic) bond motifs is 1. The summed E-state index contributed by atoms with van der Waals surface area (Å²) in [6.45, 7) is 5.39. The molecule has 1 fully saturated rings. The van der Waals surface area contributed by atoms with Gasteiger partial charge in [-0.15, -0.1) is 0 Å². The van der Waals surface area contributed by atoms with Gasteiger partial charge in [0.05, 0.1) is 28.9 Å². The van der Waals surface area contributed by atoms with E-state index in [0.29, 0.717) is 31.5 Å². The number of nitrogens with zero attached hydrogens (tertiary/aromatic N) is 2. The van der Waals surface area contributed by atoms with Gasteiger partial charge in [0, 0.05) is 19.0 Å². The van der Waals surface area contributed by atoms with Gasteiger partial charge in [0.1, 0.15) is 12.1 Å². The van der Waals surface area contributed by atoms with Crippen molar-refractivity contribution >= 4 is 22.8 Å². The molecule has 7 nitrogen and oxygen atoms in total. The van der Waals surface area contributed by atoms with E-state index in [9.17, 15) is 9.59 Å². The molecule has 1 aliphatic heterocycles. The number of H-pyrrole nitrogens is 1. The summed E-state index contributed by atoms with van der Waals surface area (Å²) >= 11 is 0. The molecule has 1 aromatic carbocycles. The molecule has 1 aliphatic rings. The summed E-state index contributed by atoms with van der Waals surface area (Å²) in [4.78, 5) is 35.4. The van der Waals surface area contributed by atoms with E-state index in [1.165, 1.54) is 12.5 Å². The van der Waals surface area contributed by atoms with Crippen molar-refractivity contribution < 1.29 is 14.0 Å². The number of piperidine rings is 1. The first kappa shape index (κ1) is 20.2. The number of benzene rings is 1. The van der Waals surface area contributed by atoms with Crippen LogP contribution in [0.15, 0.2) is 47.3 Å². The smallest absolute Gasteiger partial charge is 0.257 e. The Bertz CT molecular complexity index is 970. The van der Waals surface area contributed by atoms with E-state index >= 15 is 0 Å². The molecule has 2 unspecified atom stereocenters. The number of carbonyl (C=O) groups excluding carboxylic acids is 2. The Hall–Kier alpha value is -3.09. The van der Waals surface area contributed by atoms with E-state index in [0.717, 1.165) is 23.3 Å². The lowest BCUT2D eigenvalue weighted by atomic mass is 9.93. The number of nitrogens with one attached hydrogen (secondary N) is 2. The first-order valence-corrected chi connectivity index (χ1v) is 10.6. The average molecular weight is 409 g/mol. The maximum absolute atomic E-state index is 13.1. The minimum absolute atomic E-state index is 0.0381. The van der Waals surface area contributed by atoms with Crippen molar-refractivity contribution in [3.8, 4) is 0 Å². The summed E-state index contributed by atoms with van der Waals surface area (Å²) in [7, 11) is 0. The third-order valence-electron chi connectivity index (χ3n) is 6.13. The Kier molecular flexibility index (Phi) is 5.88. The number of hydrogen-bond acceptors (Lipinski definition) is 4. The van der Waals surface area contributed by atoms with Crippen molar-refractivity contribution in [2.75, 3.05) is 13.1 Å². The van der Waals surface area contributed by atoms with Gasteiger partial charge in [0.15, 0.2) is 0 Å². The van der Waals surface area contributed by atoms with Crippen molar-refractivity contribution in [1.82, 2.24) is 20.2 Å². The number of aromatic nitrogens is 2. The molecule has 1 saturated heterocycles. The van der Waals surface area contributed by atoms with Crippen molar-refractivity contribution in [2.45, 2.75) is 39.2 Å². The fourth-order valence-electron chi connectivity index (χ4n) is 4.02. The van der Waals surface area contributed by atoms with Crippen molar-refractivity contribution in [3.63, 3.8) is 0 Å². The van der Waals surface area contributed by atoms with E-state index < -0.39 is 0 Å². The van der Waals surface area contributed by atoms with Gasteiger partial charge in [0.25, 0.3) is 5.91 Å². The summed E-state index contributed by atoms with van der Waals surface area (Å²) < 4.78 is 5.01. The van der Waals surface area contributed by atoms with Crippen molar-refractivity contribution in [1.29, 1.82) is 0 Å². The van der Waals surface area contributed by atoms with Crippen LogP contribution in [-0.4, -0.2) is 39.8 Å². The fourth-order valence-corrected chi connectivity index (χ4v) is 4.02. The first-order chi connectivity index (χ1) is 14.6. The standard InChI is InChI=1S/C23H28N4O3/c1-3-15(2)20(21-24-18-6-4-5-7-19(18)25-21)26-22(28)16-8-11-27(12-9-16)23(29)17-10-13-30-14-17/h4-7,10,13-16,20H,3,8-9,11-12H2,1-2H3,(H,24,25)(H,26,28). The minimum Gasteiger partial charge on any atom is -0.472 e. The maximum atomic E-state index is 13.1. The van der Waals surface area contributed by atoms with Gasteiger partial charge in [-0.3, -0.25) is 9.59 Å². The van der Waals surface area contributed by atoms with Crippen LogP contribution in [-0.2, 0) is 4.79 Å². The number of hydrogen-bond donors (Lipinski definition) is 2. The van der Waals surface area contributed by atoms with E-state index in [4.69, 9.17) is 9.40 Å². The molecule has 7 heteroatoms. The first-order valence-electron chi connectivity index (χ1n) is 10.6. The maximum Gasteiger partial charge on any atom is 0.257 e. The Morgan fingerprint density at radius 2 is 2.03 bits per heavy atom. The molecule has 158 valence electrons. The Morgan fingerprint density at radius 1 is 1.27 bits per heavy atom. The zero-order valence-corrected chi connectivity index (χ0v) is 17.4. The molecular formula is C23H28N4O3. The van der Waals surface area contributed by atoms with Crippen LogP contribution in [0.2, 0.25) is 0 Å². The molecule has 2 atom stereocenters. The van der Waals surface area contributed by atoms with Gasteiger partial charge in [-0.05, 0) is 37.0 Å². The number of carbonyl (C=O) groups is 2. The van der Waals surface area contributed by atoms with E-state index in [-0.39, 0.29) is 29.7 Å². The molecule has 2 amide bonds. The second kappa shape index (κ2) is 8.73. The van der Waals surface area contributed by atoms with Gasteiger partial charge in [-0.2, -0.15) is 0 Å². The monoisotopic (exact) mass is 408 g/mol. The molecule has 0 saturated carbocycles. The van der Waals surface area contributed by atoms with Crippen molar-refractivity contribution in [2.24, 2.45) is 11.8 Å². The molecule has 3 heterocycles. The second-order valence-electron chi connectivity index (χ2n) is 8.09. The predicted octanol–water partition coefficient (Wildman–Crippen LogP) is 3.91. The highest BCUT2D eigenvalue weighted by atomic mass is 16.3. The number of para-hydroxylation sites is 2. The largest absolute Gasteiger partial charge is 0.472 e. The van der Waals surface area contributed by atoms with Crippen LogP contribution in [0, 0.1) is 11.8 Å². The summed E-state index contributed by atoms with van der Waals surface area (Å²) in [6.07, 6.45) is 5.21. The molecule has 2 N–H and O–H groups in total. The van der Waals surface area contributed by atoms with Crippen LogP contribution in [0.4, 0.5) is 0 Å². The van der Waals surface area contributed by atoms with E-state index in [1.807, 2.05) is 24.3 Å². The summed E-state index contributed by atoms with van der Waals surface area (Å²) in [5.74, 6) is 0.941. The lowest BCUT2D eigenvalue weighted by molar-refractivity contribution is -0.127. The van der Waals surface area contributed by atoms with Gasteiger partial charge in [0.2, 0.25) is 5.91 Å². The highest BCUT2D eigenvalue weighted by molar-refractivity contribution is 5.94. The minimum atomic E-state index is -0.166. The SMILES string of the molecule is CCC(C)C(NC(=O)C1CCN(C(=O)c2ccoc2)CC1)c1nc2ccccc2[nH]1. The molecule has 3 aromatic rings. The lowest BCUT2D eigenvalue weighted by Crippen LogP contribution is -2.44. The van der Waals surface area contributed by atoms with Crippen LogP contribution >= 0.6 is 0 Å². The van der Waals surface area contributed by atoms with Crippen LogP contribution < -0.4 is 5.32 Å². The topological polar surface area (TPSA) is 91.2 Å². The van der Waals surface area contributed by atoms with E-state index in [1.54, 1.807) is 11.0 Å². The molecule has 4 rings (SSSR count). The number of likely N-dealkylation sites (tertiary alicyclic amines) is 1. The van der Waals surface area contributed by atoms with Crippen LogP contribution in [0.5, 0.6) is 0 Å². The highest BCUT2D eigenvalue weighted by Crippen LogP contribution is 2.27. The zero-order valence-electron chi connectivity index (χ0n) is 17.4. The summed E-state index contributed by atoms with van der Waals surface area (Å²) in [5, 5.41) is 3.24. The highest BCUT2D eigenvalue weighted by Gasteiger charge is 2.31. The van der Waals surface area contributed by atoms with Crippen LogP contribution in [0.3, 0.4) is 0 Å². The van der Waals surface area contributed by atoms with Gasteiger partial charge in [-0.1, -0.05) is 32.4 Å². The summed E-state index contributed by atoms with van der Waals surface area (Å²) in [6, 6.07) is 9.40. The Balaban J connectivity index is 1.41. The normalized spacial score (nSPS) is 17.1. The zero-order chi connectivity index (χ0) is 21.1. The van der Waals surface area contributed by atoms with Gasteiger partial charge < -0.3 is 19.6 Å². The third-order valence-corrected chi connectivity index (χ3v) is 6.13. The molecule has 0 bridgehead atoms. The number of rotatable bonds is 6. The number of furan rings is 1. The van der Waals surface area contributed by atoms with Crippen molar-refractivity contribution in [3.05, 3.63) is 54.2 Å². The number of amides is 2. The number of imidazole rings is 1. The average Bonchev–Trinajstić information content (AvgIpc) is 3.46. The van der Waals surface area contributed by atoms with Crippen LogP contribution in [0.1, 0.15) is 55.3 Å². The Labute approximate surface area is 175 Å².